The lowest BCUT2D eigenvalue weighted by Crippen LogP contribution is -2.05. The third kappa shape index (κ3) is 4.29. The van der Waals surface area contributed by atoms with Crippen LogP contribution in [0.25, 0.3) is 10.9 Å². The molecule has 9 heteroatoms. The number of phenolic OH excluding ortho intramolecular Hbond substituents is 2. The summed E-state index contributed by atoms with van der Waals surface area (Å²) in [6.07, 6.45) is 2.78. The van der Waals surface area contributed by atoms with Gasteiger partial charge in [-0.05, 0) is 32.9 Å². The van der Waals surface area contributed by atoms with Crippen molar-refractivity contribution in [3.05, 3.63) is 36.2 Å². The van der Waals surface area contributed by atoms with Crippen LogP contribution in [0, 0.1) is 0 Å². The number of nitrogens with zero attached hydrogens (tertiary/aromatic N) is 3. The van der Waals surface area contributed by atoms with Gasteiger partial charge < -0.3 is 24.4 Å². The van der Waals surface area contributed by atoms with Gasteiger partial charge in [-0.1, -0.05) is 6.07 Å². The molecule has 3 N–H and O–H groups in total. The number of aromatic nitrogens is 2. The Kier molecular flexibility index (Phi) is 6.74. The first-order chi connectivity index (χ1) is 14.6. The average Bonchev–Trinajstić information content (AvgIpc) is 2.73. The van der Waals surface area contributed by atoms with Crippen LogP contribution in [0.5, 0.6) is 28.7 Å². The van der Waals surface area contributed by atoms with Crippen LogP contribution in [0.1, 0.15) is 26.3 Å². The van der Waals surface area contributed by atoms with Gasteiger partial charge in [-0.3, -0.25) is 5.43 Å². The first-order valence-corrected chi connectivity index (χ1v) is 9.60. The SMILES string of the molecule is CCOc1cc2ncnc(N/N=C/c3cccc(O)c3O)c2c(OCC)c1OCC. The molecule has 0 aliphatic rings. The summed E-state index contributed by atoms with van der Waals surface area (Å²) in [5, 5.41) is 24.2. The number of rotatable bonds is 9. The highest BCUT2D eigenvalue weighted by atomic mass is 16.5. The number of anilines is 1. The van der Waals surface area contributed by atoms with Gasteiger partial charge in [-0.15, -0.1) is 0 Å². The zero-order valence-corrected chi connectivity index (χ0v) is 17.0. The lowest BCUT2D eigenvalue weighted by atomic mass is 10.1. The van der Waals surface area contributed by atoms with E-state index in [-0.39, 0.29) is 11.5 Å². The first-order valence-electron chi connectivity index (χ1n) is 9.60. The Morgan fingerprint density at radius 2 is 1.73 bits per heavy atom. The lowest BCUT2D eigenvalue weighted by molar-refractivity contribution is 0.263. The zero-order chi connectivity index (χ0) is 21.5. The lowest BCUT2D eigenvalue weighted by Gasteiger charge is -2.18. The molecule has 0 aliphatic carbocycles. The largest absolute Gasteiger partial charge is 0.504 e. The second-order valence-corrected chi connectivity index (χ2v) is 6.03. The average molecular weight is 412 g/mol. The summed E-state index contributed by atoms with van der Waals surface area (Å²) >= 11 is 0. The third-order valence-electron chi connectivity index (χ3n) is 4.10. The van der Waals surface area contributed by atoms with Crippen LogP contribution < -0.4 is 19.6 Å². The number of hydrogen-bond donors (Lipinski definition) is 3. The van der Waals surface area contributed by atoms with E-state index in [9.17, 15) is 10.2 Å². The molecule has 0 unspecified atom stereocenters. The molecule has 3 rings (SSSR count). The van der Waals surface area contributed by atoms with Gasteiger partial charge in [-0.2, -0.15) is 5.10 Å². The maximum Gasteiger partial charge on any atom is 0.204 e. The monoisotopic (exact) mass is 412 g/mol. The fraction of sp³-hybridized carbons (Fsp3) is 0.286. The number of aromatic hydroxyl groups is 2. The van der Waals surface area contributed by atoms with Crippen LogP contribution >= 0.6 is 0 Å². The highest BCUT2D eigenvalue weighted by molar-refractivity contribution is 5.98. The minimum Gasteiger partial charge on any atom is -0.504 e. The van der Waals surface area contributed by atoms with Gasteiger partial charge in [0.2, 0.25) is 5.75 Å². The molecule has 0 spiro atoms. The van der Waals surface area contributed by atoms with E-state index >= 15 is 0 Å². The van der Waals surface area contributed by atoms with Gasteiger partial charge in [0.25, 0.3) is 0 Å². The zero-order valence-electron chi connectivity index (χ0n) is 17.0. The molecule has 1 heterocycles. The minimum absolute atomic E-state index is 0.227. The van der Waals surface area contributed by atoms with Crippen molar-refractivity contribution in [1.29, 1.82) is 0 Å². The highest BCUT2D eigenvalue weighted by Crippen LogP contribution is 2.45. The standard InChI is InChI=1S/C21H24N4O5/c1-4-28-16-10-14-17(20(30-6-3)19(16)29-5-2)21(23-12-22-14)25-24-11-13-8-7-9-15(26)18(13)27/h7-12,26-27H,4-6H2,1-3H3,(H,22,23,25)/b24-11+. The summed E-state index contributed by atoms with van der Waals surface area (Å²) in [5.74, 6) is 1.37. The van der Waals surface area contributed by atoms with E-state index in [0.29, 0.717) is 59.4 Å². The van der Waals surface area contributed by atoms with Crippen molar-refractivity contribution in [2.24, 2.45) is 5.10 Å². The number of benzene rings is 2. The molecule has 0 aliphatic heterocycles. The van der Waals surface area contributed by atoms with Crippen molar-refractivity contribution in [2.45, 2.75) is 20.8 Å². The summed E-state index contributed by atoms with van der Waals surface area (Å²) in [6, 6.07) is 6.38. The van der Waals surface area contributed by atoms with E-state index < -0.39 is 0 Å². The molecule has 0 atom stereocenters. The van der Waals surface area contributed by atoms with E-state index in [1.54, 1.807) is 18.2 Å². The van der Waals surface area contributed by atoms with Gasteiger partial charge in [0.1, 0.15) is 6.33 Å². The van der Waals surface area contributed by atoms with Crippen molar-refractivity contribution < 1.29 is 24.4 Å². The predicted octanol–water partition coefficient (Wildman–Crippen LogP) is 3.68. The number of phenols is 2. The Morgan fingerprint density at radius 3 is 2.47 bits per heavy atom. The van der Waals surface area contributed by atoms with Crippen LogP contribution in [-0.4, -0.2) is 46.2 Å². The Labute approximate surface area is 174 Å². The van der Waals surface area contributed by atoms with Crippen molar-refractivity contribution in [2.75, 3.05) is 25.2 Å². The number of hydrazone groups is 1. The molecule has 0 fully saturated rings. The third-order valence-corrected chi connectivity index (χ3v) is 4.10. The van der Waals surface area contributed by atoms with E-state index in [0.717, 1.165) is 0 Å². The van der Waals surface area contributed by atoms with Crippen molar-refractivity contribution in [3.63, 3.8) is 0 Å². The Morgan fingerprint density at radius 1 is 1.00 bits per heavy atom. The maximum atomic E-state index is 9.91. The highest BCUT2D eigenvalue weighted by Gasteiger charge is 2.21. The fourth-order valence-corrected chi connectivity index (χ4v) is 2.87. The smallest absolute Gasteiger partial charge is 0.204 e. The molecule has 158 valence electrons. The van der Waals surface area contributed by atoms with E-state index in [2.05, 4.69) is 20.5 Å². The number of ether oxygens (including phenoxy) is 3. The van der Waals surface area contributed by atoms with Gasteiger partial charge in [0.15, 0.2) is 28.8 Å². The summed E-state index contributed by atoms with van der Waals surface area (Å²) < 4.78 is 17.4. The van der Waals surface area contributed by atoms with Gasteiger partial charge in [0, 0.05) is 11.6 Å². The molecule has 1 aromatic heterocycles. The molecule has 0 saturated heterocycles. The van der Waals surface area contributed by atoms with Crippen LogP contribution in [0.4, 0.5) is 5.82 Å². The molecule has 0 radical (unpaired) electrons. The van der Waals surface area contributed by atoms with Crippen LogP contribution in [-0.2, 0) is 0 Å². The molecule has 0 amide bonds. The molecule has 0 bridgehead atoms. The quantitative estimate of drug-likeness (QED) is 0.277. The van der Waals surface area contributed by atoms with Crippen LogP contribution in [0.2, 0.25) is 0 Å². The second kappa shape index (κ2) is 9.64. The molecular formula is C21H24N4O5. The molecule has 0 saturated carbocycles. The van der Waals surface area contributed by atoms with E-state index in [1.807, 2.05) is 20.8 Å². The molecule has 3 aromatic rings. The second-order valence-electron chi connectivity index (χ2n) is 6.03. The number of hydrogen-bond acceptors (Lipinski definition) is 9. The van der Waals surface area contributed by atoms with Crippen LogP contribution in [0.3, 0.4) is 0 Å². The number of fused-ring (bicyclic) bond motifs is 1. The molecular weight excluding hydrogens is 388 g/mol. The van der Waals surface area contributed by atoms with Gasteiger partial charge >= 0.3 is 0 Å². The summed E-state index contributed by atoms with van der Waals surface area (Å²) in [5.41, 5.74) is 3.79. The number of para-hydroxylation sites is 1. The van der Waals surface area contributed by atoms with Crippen molar-refractivity contribution in [3.8, 4) is 28.7 Å². The Hall–Kier alpha value is -3.75. The molecule has 2 aromatic carbocycles. The normalized spacial score (nSPS) is 11.0. The van der Waals surface area contributed by atoms with Crippen LogP contribution in [0.15, 0.2) is 35.7 Å². The van der Waals surface area contributed by atoms with Crippen molar-refractivity contribution >= 4 is 22.9 Å². The minimum atomic E-state index is -0.259. The van der Waals surface area contributed by atoms with Crippen molar-refractivity contribution in [1.82, 2.24) is 9.97 Å². The van der Waals surface area contributed by atoms with Gasteiger partial charge in [0.05, 0.1) is 36.9 Å². The first kappa shape index (κ1) is 21.0. The fourth-order valence-electron chi connectivity index (χ4n) is 2.87. The maximum absolute atomic E-state index is 9.91. The summed E-state index contributed by atoms with van der Waals surface area (Å²) in [7, 11) is 0. The van der Waals surface area contributed by atoms with E-state index in [1.165, 1.54) is 18.6 Å². The van der Waals surface area contributed by atoms with Gasteiger partial charge in [-0.25, -0.2) is 9.97 Å². The Balaban J connectivity index is 2.07. The van der Waals surface area contributed by atoms with E-state index in [4.69, 9.17) is 14.2 Å². The Bertz CT molecular complexity index is 1060. The topological polar surface area (TPSA) is 118 Å². The number of nitrogens with one attached hydrogen (secondary N) is 1. The summed E-state index contributed by atoms with van der Waals surface area (Å²) in [6.45, 7) is 6.93. The molecule has 30 heavy (non-hydrogen) atoms. The molecule has 9 nitrogen and oxygen atoms in total. The summed E-state index contributed by atoms with van der Waals surface area (Å²) in [4.78, 5) is 8.60. The predicted molar refractivity (Wildman–Crippen MR) is 114 cm³/mol.